The number of benzene rings is 2. The molecular weight excluding hydrogens is 269 g/mol. The summed E-state index contributed by atoms with van der Waals surface area (Å²) in [6, 6.07) is 15.5. The van der Waals surface area contributed by atoms with Gasteiger partial charge in [-0.25, -0.2) is 4.39 Å². The third-order valence-electron chi connectivity index (χ3n) is 2.93. The van der Waals surface area contributed by atoms with Crippen LogP contribution in [0.4, 0.5) is 21.6 Å². The summed E-state index contributed by atoms with van der Waals surface area (Å²) in [6.07, 6.45) is 0. The van der Waals surface area contributed by atoms with Gasteiger partial charge in [0.1, 0.15) is 5.82 Å². The molecule has 2 aromatic carbocycles. The normalized spacial score (nSPS) is 11.1. The molecule has 0 amide bonds. The van der Waals surface area contributed by atoms with E-state index in [2.05, 4.69) is 20.4 Å². The molecule has 0 saturated heterocycles. The van der Waals surface area contributed by atoms with Crippen LogP contribution in [0.1, 0.15) is 0 Å². The van der Waals surface area contributed by atoms with E-state index in [0.717, 1.165) is 0 Å². The average molecular weight is 281 g/mol. The molecule has 104 valence electrons. The third kappa shape index (κ3) is 2.64. The standard InChI is InChI=1S/C15H12FN5/c16-12-9-5-4-8-11(12)13-14(15(17)21-19-13)20-18-10-6-2-1-3-7-10/h1-9H,(H3,17,19,21). The van der Waals surface area contributed by atoms with E-state index >= 15 is 0 Å². The molecule has 0 unspecified atom stereocenters. The number of nitrogens with two attached hydrogens (primary N) is 1. The largest absolute Gasteiger partial charge is 0.380 e. The number of rotatable bonds is 3. The highest BCUT2D eigenvalue weighted by atomic mass is 19.1. The van der Waals surface area contributed by atoms with Crippen molar-refractivity contribution in [2.24, 2.45) is 10.2 Å². The number of nitrogens with one attached hydrogen (secondary N) is 1. The lowest BCUT2D eigenvalue weighted by molar-refractivity contribution is 0.630. The van der Waals surface area contributed by atoms with E-state index < -0.39 is 0 Å². The van der Waals surface area contributed by atoms with Gasteiger partial charge in [-0.1, -0.05) is 30.3 Å². The summed E-state index contributed by atoms with van der Waals surface area (Å²) < 4.78 is 13.9. The van der Waals surface area contributed by atoms with Gasteiger partial charge >= 0.3 is 0 Å². The number of aromatic amines is 1. The number of nitrogens with zero attached hydrogens (tertiary/aromatic N) is 3. The maximum Gasteiger partial charge on any atom is 0.173 e. The SMILES string of the molecule is Nc1n[nH]c(-c2ccccc2F)c1N=Nc1ccccc1. The molecule has 3 rings (SSSR count). The Morgan fingerprint density at radius 2 is 1.67 bits per heavy atom. The van der Waals surface area contributed by atoms with Gasteiger partial charge in [-0.3, -0.25) is 5.10 Å². The van der Waals surface area contributed by atoms with E-state index in [1.165, 1.54) is 6.07 Å². The molecule has 5 nitrogen and oxygen atoms in total. The van der Waals surface area contributed by atoms with Gasteiger partial charge in [0.15, 0.2) is 11.5 Å². The summed E-state index contributed by atoms with van der Waals surface area (Å²) in [5.41, 5.74) is 7.53. The van der Waals surface area contributed by atoms with Crippen LogP contribution in [-0.2, 0) is 0 Å². The second kappa shape index (κ2) is 5.54. The summed E-state index contributed by atoms with van der Waals surface area (Å²) >= 11 is 0. The molecule has 0 aliphatic carbocycles. The van der Waals surface area contributed by atoms with Crippen LogP contribution in [0.2, 0.25) is 0 Å². The molecule has 0 aliphatic rings. The maximum absolute atomic E-state index is 13.9. The van der Waals surface area contributed by atoms with Gasteiger partial charge in [0.25, 0.3) is 0 Å². The minimum absolute atomic E-state index is 0.174. The molecule has 0 atom stereocenters. The molecule has 0 saturated carbocycles. The first-order chi connectivity index (χ1) is 10.3. The fourth-order valence-corrected chi connectivity index (χ4v) is 1.91. The van der Waals surface area contributed by atoms with Crippen LogP contribution in [0.3, 0.4) is 0 Å². The molecule has 1 heterocycles. The Kier molecular flexibility index (Phi) is 3.42. The predicted molar refractivity (Wildman–Crippen MR) is 79.0 cm³/mol. The molecule has 0 spiro atoms. The molecule has 1 aromatic heterocycles. The average Bonchev–Trinajstić information content (AvgIpc) is 2.88. The van der Waals surface area contributed by atoms with Crippen molar-refractivity contribution in [1.29, 1.82) is 0 Å². The van der Waals surface area contributed by atoms with Crippen LogP contribution < -0.4 is 5.73 Å². The van der Waals surface area contributed by atoms with Crippen molar-refractivity contribution in [2.75, 3.05) is 5.73 Å². The predicted octanol–water partition coefficient (Wildman–Crippen LogP) is 4.21. The van der Waals surface area contributed by atoms with E-state index in [-0.39, 0.29) is 11.6 Å². The third-order valence-corrected chi connectivity index (χ3v) is 2.93. The van der Waals surface area contributed by atoms with Crippen molar-refractivity contribution >= 4 is 17.2 Å². The zero-order chi connectivity index (χ0) is 14.7. The van der Waals surface area contributed by atoms with Gasteiger partial charge in [-0.2, -0.15) is 10.2 Å². The highest BCUT2D eigenvalue weighted by Crippen LogP contribution is 2.35. The molecule has 0 bridgehead atoms. The van der Waals surface area contributed by atoms with Gasteiger partial charge in [0, 0.05) is 5.56 Å². The van der Waals surface area contributed by atoms with Gasteiger partial charge < -0.3 is 5.73 Å². The van der Waals surface area contributed by atoms with Gasteiger partial charge in [0.2, 0.25) is 0 Å². The zero-order valence-electron chi connectivity index (χ0n) is 11.0. The van der Waals surface area contributed by atoms with Crippen molar-refractivity contribution < 1.29 is 4.39 Å². The van der Waals surface area contributed by atoms with E-state index in [1.807, 2.05) is 30.3 Å². The Morgan fingerprint density at radius 3 is 2.43 bits per heavy atom. The molecule has 0 fully saturated rings. The molecule has 3 aromatic rings. The lowest BCUT2D eigenvalue weighted by Crippen LogP contribution is -1.84. The van der Waals surface area contributed by atoms with Crippen molar-refractivity contribution in [2.45, 2.75) is 0 Å². The number of anilines is 1. The Balaban J connectivity index is 2.02. The van der Waals surface area contributed by atoms with Crippen molar-refractivity contribution in [3.8, 4) is 11.3 Å². The summed E-state index contributed by atoms with van der Waals surface area (Å²) in [6.45, 7) is 0. The van der Waals surface area contributed by atoms with E-state index in [0.29, 0.717) is 22.6 Å². The molecule has 6 heteroatoms. The number of halogens is 1. The second-order valence-corrected chi connectivity index (χ2v) is 4.35. The number of azo groups is 1. The molecule has 3 N–H and O–H groups in total. The van der Waals surface area contributed by atoms with Crippen molar-refractivity contribution in [1.82, 2.24) is 10.2 Å². The van der Waals surface area contributed by atoms with Gasteiger partial charge in [-0.15, -0.1) is 5.11 Å². The van der Waals surface area contributed by atoms with Crippen LogP contribution in [0.25, 0.3) is 11.3 Å². The van der Waals surface area contributed by atoms with Crippen molar-refractivity contribution in [3.63, 3.8) is 0 Å². The minimum Gasteiger partial charge on any atom is -0.380 e. The first-order valence-corrected chi connectivity index (χ1v) is 6.31. The summed E-state index contributed by atoms with van der Waals surface area (Å²) in [5, 5.41) is 14.8. The lowest BCUT2D eigenvalue weighted by atomic mass is 10.1. The smallest absolute Gasteiger partial charge is 0.173 e. The van der Waals surface area contributed by atoms with Crippen molar-refractivity contribution in [3.05, 3.63) is 60.4 Å². The molecule has 21 heavy (non-hydrogen) atoms. The van der Waals surface area contributed by atoms with Crippen LogP contribution in [0, 0.1) is 5.82 Å². The molecule has 0 aliphatic heterocycles. The summed E-state index contributed by atoms with van der Waals surface area (Å²) in [7, 11) is 0. The van der Waals surface area contributed by atoms with Crippen LogP contribution in [-0.4, -0.2) is 10.2 Å². The van der Waals surface area contributed by atoms with E-state index in [4.69, 9.17) is 5.73 Å². The zero-order valence-corrected chi connectivity index (χ0v) is 11.0. The minimum atomic E-state index is -0.377. The van der Waals surface area contributed by atoms with Crippen LogP contribution >= 0.6 is 0 Å². The number of hydrogen-bond acceptors (Lipinski definition) is 4. The monoisotopic (exact) mass is 281 g/mol. The Bertz CT molecular complexity index is 780. The topological polar surface area (TPSA) is 79.4 Å². The Hall–Kier alpha value is -3.02. The quantitative estimate of drug-likeness (QED) is 0.705. The number of nitrogen functional groups attached to an aromatic ring is 1. The fourth-order valence-electron chi connectivity index (χ4n) is 1.91. The lowest BCUT2D eigenvalue weighted by Gasteiger charge is -2.00. The highest BCUT2D eigenvalue weighted by Gasteiger charge is 2.15. The summed E-state index contributed by atoms with van der Waals surface area (Å²) in [5.74, 6) is -0.203. The van der Waals surface area contributed by atoms with Crippen LogP contribution in [0.15, 0.2) is 64.8 Å². The number of aromatic nitrogens is 2. The Morgan fingerprint density at radius 1 is 0.952 bits per heavy atom. The molecular formula is C15H12FN5. The Labute approximate surface area is 120 Å². The maximum atomic E-state index is 13.9. The molecule has 0 radical (unpaired) electrons. The first kappa shape index (κ1) is 13.0. The number of H-pyrrole nitrogens is 1. The van der Waals surface area contributed by atoms with E-state index in [1.54, 1.807) is 18.2 Å². The van der Waals surface area contributed by atoms with Gasteiger partial charge in [0.05, 0.1) is 11.4 Å². The fraction of sp³-hybridized carbons (Fsp3) is 0. The van der Waals surface area contributed by atoms with E-state index in [9.17, 15) is 4.39 Å². The second-order valence-electron chi connectivity index (χ2n) is 4.35. The highest BCUT2D eigenvalue weighted by molar-refractivity contribution is 5.79. The van der Waals surface area contributed by atoms with Gasteiger partial charge in [-0.05, 0) is 24.3 Å². The first-order valence-electron chi connectivity index (χ1n) is 6.31. The summed E-state index contributed by atoms with van der Waals surface area (Å²) in [4.78, 5) is 0. The number of hydrogen-bond donors (Lipinski definition) is 2. The van der Waals surface area contributed by atoms with Crippen LogP contribution in [0.5, 0.6) is 0 Å².